The number of nitrogens with one attached hydrogen (secondary N) is 1. The SMILES string of the molecule is Cn1ccc(C(NN)c2ccc(I)c(Cl)c2)n1. The van der Waals surface area contributed by atoms with Gasteiger partial charge in [-0.2, -0.15) is 5.10 Å². The van der Waals surface area contributed by atoms with Crippen LogP contribution in [0.15, 0.2) is 30.5 Å². The normalized spacial score (nSPS) is 12.7. The van der Waals surface area contributed by atoms with Crippen molar-refractivity contribution in [2.75, 3.05) is 0 Å². The number of nitrogens with zero attached hydrogens (tertiary/aromatic N) is 2. The van der Waals surface area contributed by atoms with Gasteiger partial charge in [-0.05, 0) is 46.4 Å². The summed E-state index contributed by atoms with van der Waals surface area (Å²) < 4.78 is 2.76. The van der Waals surface area contributed by atoms with Gasteiger partial charge in [0.05, 0.1) is 16.8 Å². The Hall–Kier alpha value is -0.630. The molecule has 0 aliphatic heterocycles. The molecular formula is C11H12ClIN4. The molecule has 1 heterocycles. The van der Waals surface area contributed by atoms with Gasteiger partial charge < -0.3 is 0 Å². The molecule has 1 atom stereocenters. The lowest BCUT2D eigenvalue weighted by atomic mass is 10.1. The van der Waals surface area contributed by atoms with Crippen LogP contribution in [-0.4, -0.2) is 9.78 Å². The van der Waals surface area contributed by atoms with Gasteiger partial charge in [0.1, 0.15) is 0 Å². The zero-order valence-corrected chi connectivity index (χ0v) is 12.1. The van der Waals surface area contributed by atoms with Gasteiger partial charge in [-0.15, -0.1) is 0 Å². The molecule has 6 heteroatoms. The van der Waals surface area contributed by atoms with E-state index in [1.807, 2.05) is 37.5 Å². The summed E-state index contributed by atoms with van der Waals surface area (Å²) in [5, 5.41) is 5.06. The van der Waals surface area contributed by atoms with E-state index in [0.29, 0.717) is 0 Å². The lowest BCUT2D eigenvalue weighted by molar-refractivity contribution is 0.603. The Morgan fingerprint density at radius 3 is 2.76 bits per heavy atom. The molecule has 1 aromatic carbocycles. The van der Waals surface area contributed by atoms with Crippen LogP contribution >= 0.6 is 34.2 Å². The molecule has 0 saturated heterocycles. The van der Waals surface area contributed by atoms with E-state index in [9.17, 15) is 0 Å². The number of nitrogens with two attached hydrogens (primary N) is 1. The third-order valence-electron chi connectivity index (χ3n) is 2.47. The predicted molar refractivity (Wildman–Crippen MR) is 76.5 cm³/mol. The van der Waals surface area contributed by atoms with E-state index in [0.717, 1.165) is 19.9 Å². The number of hydrogen-bond donors (Lipinski definition) is 2. The fourth-order valence-electron chi connectivity index (χ4n) is 1.63. The van der Waals surface area contributed by atoms with Crippen LogP contribution in [0.4, 0.5) is 0 Å². The van der Waals surface area contributed by atoms with Gasteiger partial charge in [0.15, 0.2) is 0 Å². The van der Waals surface area contributed by atoms with Crippen molar-refractivity contribution >= 4 is 34.2 Å². The second-order valence-corrected chi connectivity index (χ2v) is 5.26. The molecule has 0 aliphatic rings. The first-order chi connectivity index (χ1) is 8.11. The Morgan fingerprint density at radius 1 is 1.47 bits per heavy atom. The van der Waals surface area contributed by atoms with Gasteiger partial charge in [-0.1, -0.05) is 17.7 Å². The maximum absolute atomic E-state index is 6.11. The number of benzene rings is 1. The number of rotatable bonds is 3. The van der Waals surface area contributed by atoms with Gasteiger partial charge in [-0.25, -0.2) is 5.43 Å². The van der Waals surface area contributed by atoms with Crippen molar-refractivity contribution in [3.8, 4) is 0 Å². The van der Waals surface area contributed by atoms with Crippen molar-refractivity contribution < 1.29 is 0 Å². The number of hydrazine groups is 1. The molecule has 2 aromatic rings. The molecule has 0 aliphatic carbocycles. The minimum Gasteiger partial charge on any atom is -0.275 e. The lowest BCUT2D eigenvalue weighted by Crippen LogP contribution is -2.29. The number of aromatic nitrogens is 2. The Bertz CT molecular complexity index is 526. The second-order valence-electron chi connectivity index (χ2n) is 3.69. The highest BCUT2D eigenvalue weighted by Crippen LogP contribution is 2.25. The Kier molecular flexibility index (Phi) is 4.03. The van der Waals surface area contributed by atoms with Crippen LogP contribution in [0.2, 0.25) is 5.02 Å². The maximum atomic E-state index is 6.11. The predicted octanol–water partition coefficient (Wildman–Crippen LogP) is 2.23. The molecule has 4 nitrogen and oxygen atoms in total. The van der Waals surface area contributed by atoms with Crippen molar-refractivity contribution in [1.29, 1.82) is 0 Å². The average Bonchev–Trinajstić information content (AvgIpc) is 2.71. The Morgan fingerprint density at radius 2 is 2.24 bits per heavy atom. The highest BCUT2D eigenvalue weighted by atomic mass is 127. The van der Waals surface area contributed by atoms with Gasteiger partial charge in [0.2, 0.25) is 0 Å². The summed E-state index contributed by atoms with van der Waals surface area (Å²) in [5.41, 5.74) is 4.62. The smallest absolute Gasteiger partial charge is 0.0900 e. The highest BCUT2D eigenvalue weighted by Gasteiger charge is 2.15. The standard InChI is InChI=1S/C11H12ClIN4/c1-17-5-4-10(16-17)11(15-14)7-2-3-9(13)8(12)6-7/h2-6,11,15H,14H2,1H3. The molecule has 0 fully saturated rings. The summed E-state index contributed by atoms with van der Waals surface area (Å²) in [6.07, 6.45) is 1.88. The summed E-state index contributed by atoms with van der Waals surface area (Å²) in [6.45, 7) is 0. The van der Waals surface area contributed by atoms with Crippen molar-refractivity contribution in [2.45, 2.75) is 6.04 Å². The quantitative estimate of drug-likeness (QED) is 0.500. The molecule has 0 amide bonds. The summed E-state index contributed by atoms with van der Waals surface area (Å²) in [4.78, 5) is 0. The van der Waals surface area contributed by atoms with Crippen molar-refractivity contribution in [2.24, 2.45) is 12.9 Å². The van der Waals surface area contributed by atoms with E-state index in [1.165, 1.54) is 0 Å². The first kappa shape index (κ1) is 12.8. The Labute approximate surface area is 118 Å². The minimum absolute atomic E-state index is 0.148. The van der Waals surface area contributed by atoms with Crippen LogP contribution in [0, 0.1) is 3.57 Å². The highest BCUT2D eigenvalue weighted by molar-refractivity contribution is 14.1. The van der Waals surface area contributed by atoms with Crippen LogP contribution < -0.4 is 11.3 Å². The van der Waals surface area contributed by atoms with Crippen LogP contribution in [0.5, 0.6) is 0 Å². The van der Waals surface area contributed by atoms with Gasteiger partial charge >= 0.3 is 0 Å². The van der Waals surface area contributed by atoms with Gasteiger partial charge in [-0.3, -0.25) is 10.5 Å². The van der Waals surface area contributed by atoms with Crippen LogP contribution in [0.3, 0.4) is 0 Å². The molecule has 0 saturated carbocycles. The molecule has 1 aromatic heterocycles. The van der Waals surface area contributed by atoms with E-state index in [2.05, 4.69) is 33.1 Å². The monoisotopic (exact) mass is 362 g/mol. The van der Waals surface area contributed by atoms with Gasteiger partial charge in [0, 0.05) is 16.8 Å². The number of halogens is 2. The fraction of sp³-hybridized carbons (Fsp3) is 0.182. The third kappa shape index (κ3) is 2.79. The lowest BCUT2D eigenvalue weighted by Gasteiger charge is -2.14. The van der Waals surface area contributed by atoms with Crippen LogP contribution in [-0.2, 0) is 7.05 Å². The Balaban J connectivity index is 2.38. The van der Waals surface area contributed by atoms with Crippen molar-refractivity contribution in [3.63, 3.8) is 0 Å². The minimum atomic E-state index is -0.148. The molecule has 17 heavy (non-hydrogen) atoms. The summed E-state index contributed by atoms with van der Waals surface area (Å²) in [6, 6.07) is 7.64. The first-order valence-electron chi connectivity index (χ1n) is 5.02. The van der Waals surface area contributed by atoms with E-state index >= 15 is 0 Å². The molecule has 3 N–H and O–H groups in total. The largest absolute Gasteiger partial charge is 0.275 e. The zero-order chi connectivity index (χ0) is 12.4. The second kappa shape index (κ2) is 5.34. The summed E-state index contributed by atoms with van der Waals surface area (Å²) in [7, 11) is 1.87. The molecule has 90 valence electrons. The van der Waals surface area contributed by atoms with Crippen LogP contribution in [0.25, 0.3) is 0 Å². The number of hydrogen-bond acceptors (Lipinski definition) is 3. The first-order valence-corrected chi connectivity index (χ1v) is 6.48. The van der Waals surface area contributed by atoms with Gasteiger partial charge in [0.25, 0.3) is 0 Å². The average molecular weight is 363 g/mol. The molecule has 0 spiro atoms. The number of aryl methyl sites for hydroxylation is 1. The van der Waals surface area contributed by atoms with E-state index < -0.39 is 0 Å². The summed E-state index contributed by atoms with van der Waals surface area (Å²) in [5.74, 6) is 5.59. The van der Waals surface area contributed by atoms with Crippen molar-refractivity contribution in [1.82, 2.24) is 15.2 Å². The van der Waals surface area contributed by atoms with Crippen molar-refractivity contribution in [3.05, 3.63) is 50.3 Å². The molecule has 0 radical (unpaired) electrons. The van der Waals surface area contributed by atoms with E-state index in [1.54, 1.807) is 4.68 Å². The molecule has 0 bridgehead atoms. The van der Waals surface area contributed by atoms with E-state index in [4.69, 9.17) is 17.4 Å². The molecule has 1 unspecified atom stereocenters. The fourth-order valence-corrected chi connectivity index (χ4v) is 2.16. The summed E-state index contributed by atoms with van der Waals surface area (Å²) >= 11 is 8.30. The molecule has 2 rings (SSSR count). The third-order valence-corrected chi connectivity index (χ3v) is 4.05. The van der Waals surface area contributed by atoms with Crippen LogP contribution in [0.1, 0.15) is 17.3 Å². The maximum Gasteiger partial charge on any atom is 0.0900 e. The zero-order valence-electron chi connectivity index (χ0n) is 9.19. The molecular weight excluding hydrogens is 351 g/mol. The van der Waals surface area contributed by atoms with E-state index in [-0.39, 0.29) is 6.04 Å². The topological polar surface area (TPSA) is 55.9 Å².